The molecule has 0 radical (unpaired) electrons. The minimum atomic E-state index is -1.87. The van der Waals surface area contributed by atoms with Crippen molar-refractivity contribution < 1.29 is 67.0 Å². The third-order valence-electron chi connectivity index (χ3n) is 16.2. The number of alkyl carbamates (subject to hydrolysis) is 1. The summed E-state index contributed by atoms with van der Waals surface area (Å²) >= 11 is 10.9. The number of carbonyl (C=O) groups excluding carboxylic acids is 5. The van der Waals surface area contributed by atoms with Crippen molar-refractivity contribution in [2.45, 2.75) is 163 Å². The molecule has 4 aliphatic heterocycles. The molecule has 5 aliphatic rings. The van der Waals surface area contributed by atoms with Crippen LogP contribution in [0, 0.1) is 5.92 Å². The molecule has 4 amide bonds. The van der Waals surface area contributed by atoms with Gasteiger partial charge < -0.3 is 58.1 Å². The van der Waals surface area contributed by atoms with Gasteiger partial charge in [0.25, 0.3) is 5.91 Å². The second-order valence-corrected chi connectivity index (χ2v) is 25.4. The number of likely N-dealkylation sites (N-methyl/N-ethyl adjacent to an activating group) is 2. The Morgan fingerprint density at radius 3 is 2.30 bits per heavy atom. The minimum Gasteiger partial charge on any atom is -0.496 e. The summed E-state index contributed by atoms with van der Waals surface area (Å²) in [4.78, 5) is 80.7. The number of allylic oxidation sites excluding steroid dienone is 6. The summed E-state index contributed by atoms with van der Waals surface area (Å²) in [7, 11) is 5.85. The summed E-state index contributed by atoms with van der Waals surface area (Å²) in [5.41, 5.74) is 2.98. The molecule has 3 fully saturated rings. The van der Waals surface area contributed by atoms with E-state index >= 15 is 0 Å². The lowest BCUT2D eigenvalue weighted by Crippen LogP contribution is -2.63. The zero-order valence-electron chi connectivity index (χ0n) is 50.0. The fourth-order valence-corrected chi connectivity index (χ4v) is 13.9. The topological polar surface area (TPSA) is 239 Å². The predicted octanol–water partition coefficient (Wildman–Crippen LogP) is 8.44. The number of fused-ring (bicyclic) bond motifs is 7. The Kier molecular flexibility index (Phi) is 24.6. The first-order valence-corrected chi connectivity index (χ1v) is 31.4. The van der Waals surface area contributed by atoms with Crippen molar-refractivity contribution >= 4 is 75.9 Å². The average molecular weight is 1230 g/mol. The monoisotopic (exact) mass is 1220 g/mol. The van der Waals surface area contributed by atoms with Crippen molar-refractivity contribution in [2.24, 2.45) is 5.92 Å². The van der Waals surface area contributed by atoms with Gasteiger partial charge in [-0.3, -0.25) is 19.7 Å². The summed E-state index contributed by atoms with van der Waals surface area (Å²) in [6.07, 6.45) is 9.93. The van der Waals surface area contributed by atoms with E-state index in [-0.39, 0.29) is 61.5 Å². The average Bonchev–Trinajstić information content (AvgIpc) is 3.64. The van der Waals surface area contributed by atoms with Crippen LogP contribution in [0.25, 0.3) is 11.0 Å². The molecular weight excluding hydrogens is 1140 g/mol. The van der Waals surface area contributed by atoms with Crippen molar-refractivity contribution in [2.75, 3.05) is 74.5 Å². The summed E-state index contributed by atoms with van der Waals surface area (Å²) in [6.45, 7) is 14.4. The van der Waals surface area contributed by atoms with E-state index in [1.165, 1.54) is 83.6 Å². The lowest BCUT2D eigenvalue weighted by Gasteiger charge is -2.42. The number of thioether (sulfide) groups is 2. The molecule has 4 bridgehead atoms. The van der Waals surface area contributed by atoms with Crippen LogP contribution in [0.5, 0.6) is 0 Å². The van der Waals surface area contributed by atoms with Gasteiger partial charge in [0.2, 0.25) is 11.8 Å². The van der Waals surface area contributed by atoms with Crippen LogP contribution in [0.1, 0.15) is 121 Å². The third-order valence-corrected chi connectivity index (χ3v) is 19.3. The van der Waals surface area contributed by atoms with Crippen LogP contribution in [0.15, 0.2) is 76.7 Å². The van der Waals surface area contributed by atoms with Crippen LogP contribution < -0.4 is 10.6 Å². The van der Waals surface area contributed by atoms with Gasteiger partial charge in [0, 0.05) is 67.7 Å². The number of esters is 1. The number of nitrogens with zero attached hydrogens (tertiary/aromatic N) is 4. The zero-order valence-corrected chi connectivity index (χ0v) is 52.4. The number of benzene rings is 1. The molecule has 2 aromatic rings. The number of carbonyl (C=O) groups is 5. The van der Waals surface area contributed by atoms with Gasteiger partial charge in [-0.25, -0.2) is 19.6 Å². The van der Waals surface area contributed by atoms with E-state index < -0.39 is 71.6 Å². The van der Waals surface area contributed by atoms with E-state index in [2.05, 4.69) is 17.2 Å². The minimum absolute atomic E-state index is 0.0459. The Labute approximate surface area is 507 Å². The smallest absolute Gasteiger partial charge is 0.409 e. The molecule has 5 heterocycles. The summed E-state index contributed by atoms with van der Waals surface area (Å²) in [6, 6.07) is 4.39. The van der Waals surface area contributed by atoms with Gasteiger partial charge in [0.1, 0.15) is 40.7 Å². The number of epoxide rings is 1. The first-order valence-electron chi connectivity index (χ1n) is 29.0. The van der Waals surface area contributed by atoms with Gasteiger partial charge in [-0.05, 0) is 77.7 Å². The van der Waals surface area contributed by atoms with Crippen LogP contribution in [0.4, 0.5) is 4.79 Å². The number of nitrogens with one attached hydrogen (secondary N) is 2. The number of methoxy groups -OCH3 is 2. The second-order valence-electron chi connectivity index (χ2n) is 22.5. The summed E-state index contributed by atoms with van der Waals surface area (Å²) in [5.74, 6) is -0.666. The maximum Gasteiger partial charge on any atom is 0.409 e. The first-order chi connectivity index (χ1) is 40.1. The number of ether oxygens (including phenoxy) is 8. The zero-order chi connectivity index (χ0) is 60.7. The molecule has 1 aliphatic carbocycles. The van der Waals surface area contributed by atoms with E-state index in [0.29, 0.717) is 48.8 Å². The highest BCUT2D eigenvalue weighted by Crippen LogP contribution is 2.49. The molecule has 3 unspecified atom stereocenters. The van der Waals surface area contributed by atoms with E-state index in [4.69, 9.17) is 59.5 Å². The van der Waals surface area contributed by atoms with Gasteiger partial charge in [-0.2, -0.15) is 23.5 Å². The molecule has 20 nitrogen and oxygen atoms in total. The number of hydrogen-bond acceptors (Lipinski definition) is 18. The number of amides is 4. The number of aromatic nitrogens is 2. The van der Waals surface area contributed by atoms with Crippen LogP contribution in [-0.2, 0) is 63.8 Å². The van der Waals surface area contributed by atoms with Crippen molar-refractivity contribution in [3.05, 3.63) is 93.7 Å². The Morgan fingerprint density at radius 2 is 1.63 bits per heavy atom. The van der Waals surface area contributed by atoms with E-state index in [1.54, 1.807) is 38.1 Å². The number of hydrogen-bond donors (Lipinski definition) is 3. The highest BCUT2D eigenvalue weighted by Gasteiger charge is 2.64. The fourth-order valence-electron chi connectivity index (χ4n) is 10.9. The van der Waals surface area contributed by atoms with E-state index in [9.17, 15) is 29.1 Å². The van der Waals surface area contributed by atoms with Gasteiger partial charge in [-0.1, -0.05) is 73.7 Å². The molecule has 3 N–H and O–H groups in total. The maximum atomic E-state index is 14.4. The highest BCUT2D eigenvalue weighted by atomic mass is 35.5. The molecule has 462 valence electrons. The quantitative estimate of drug-likeness (QED) is 0.0517. The van der Waals surface area contributed by atoms with Crippen LogP contribution in [0.2, 0.25) is 0 Å². The number of rotatable bonds is 19. The highest BCUT2D eigenvalue weighted by molar-refractivity contribution is 8.00. The summed E-state index contributed by atoms with van der Waals surface area (Å²) in [5, 5.41) is 18.7. The van der Waals surface area contributed by atoms with Gasteiger partial charge in [0.15, 0.2) is 5.72 Å². The molecule has 0 spiro atoms. The lowest BCUT2D eigenvalue weighted by molar-refractivity contribution is -0.163. The van der Waals surface area contributed by atoms with Gasteiger partial charge in [-0.15, -0.1) is 0 Å². The predicted molar refractivity (Wildman–Crippen MR) is 323 cm³/mol. The summed E-state index contributed by atoms with van der Waals surface area (Å²) < 4.78 is 46.3. The maximum absolute atomic E-state index is 14.4. The fraction of sp³-hybridized carbons (Fsp3) is 0.623. The first kappa shape index (κ1) is 66.5. The molecule has 1 aromatic heterocycles. The van der Waals surface area contributed by atoms with Crippen molar-refractivity contribution in [3.63, 3.8) is 0 Å². The largest absolute Gasteiger partial charge is 0.496 e. The molecule has 1 saturated carbocycles. The molecule has 1 aromatic carbocycles. The SMILES string of the molecule is C=C(OC)/C(Cl)=C1\C=C(/C)C/C(C)=C/C=C/[C@@H](OC)[C@@]2(O)C[C@H](OC(=O)N2)[C@@H](C)C2O[C@@]2(C)[C@@H](OC(=O)[C@@H](C)N(C)C(=O)CCOCCOCCOCCNC(=O)c2ccc3nc4c(nc3c2)CSC2CCCCCC(C2)SC4)CC(=O)N1C. The Balaban J connectivity index is 0.863. The normalized spacial score (nSPS) is 29.6. The van der Waals surface area contributed by atoms with Crippen molar-refractivity contribution in [1.29, 1.82) is 0 Å². The van der Waals surface area contributed by atoms with Crippen LogP contribution in [0.3, 0.4) is 0 Å². The van der Waals surface area contributed by atoms with Gasteiger partial charge in [0.05, 0.1) is 93.8 Å². The van der Waals surface area contributed by atoms with Crippen molar-refractivity contribution in [1.82, 2.24) is 30.4 Å². The molecule has 10 atom stereocenters. The Morgan fingerprint density at radius 1 is 0.976 bits per heavy atom. The standard InChI is InChI=1S/C61H85ClN6O14S2/c1-37-15-14-18-51(76-10)61(74)34-50(80-59(73)66-61)39(3)56-60(6,82-56)52(33-54(70)68(8)49(30-38(2)29-37)55(62)41(5)75-9)81-58(72)40(4)67(7)53(69)21-23-77-25-27-79-28-26-78-24-22-63-57(71)42-19-20-45-46(31-42)65-48-36-84-44-17-13-11-12-16-43(32-44)83-35-47(48)64-45/h14-15,18-20,30-31,39-40,43-44,50-52,56,74H,5,11-13,16-17,21-29,32-36H2,1-4,6-10H3,(H,63,71)(H,66,73)/b18-14+,37-15+,38-30+,55-49-/t39-,40-,43?,44?,50+,51-,52+,56?,60+,61+/m1/s1. The number of halogens is 1. The second kappa shape index (κ2) is 31.0. The van der Waals surface area contributed by atoms with E-state index in [1.807, 2.05) is 55.6 Å². The Bertz CT molecular complexity index is 2820. The van der Waals surface area contributed by atoms with Gasteiger partial charge >= 0.3 is 12.1 Å². The van der Waals surface area contributed by atoms with Crippen LogP contribution in [-0.4, -0.2) is 181 Å². The molecule has 2 saturated heterocycles. The van der Waals surface area contributed by atoms with Crippen LogP contribution >= 0.6 is 35.1 Å². The lowest BCUT2D eigenvalue weighted by atomic mass is 9.83. The molecular formula is C61H85ClN6O14S2. The molecule has 7 rings (SSSR count). The Hall–Kier alpha value is -5.04. The molecule has 84 heavy (non-hydrogen) atoms. The number of aliphatic hydroxyl groups is 1. The van der Waals surface area contributed by atoms with Crippen molar-refractivity contribution in [3.8, 4) is 0 Å². The third kappa shape index (κ3) is 17.8. The van der Waals surface area contributed by atoms with E-state index in [0.717, 1.165) is 45.1 Å². The molecule has 23 heteroatoms.